The maximum atomic E-state index is 11.5. The lowest BCUT2D eigenvalue weighted by Crippen LogP contribution is -2.31. The molecule has 0 atom stereocenters. The third kappa shape index (κ3) is 2.35. The molecule has 0 fully saturated rings. The number of hydrogen-bond donors (Lipinski definition) is 3. The molecule has 0 saturated carbocycles. The first kappa shape index (κ1) is 11.7. The van der Waals surface area contributed by atoms with Gasteiger partial charge in [0.1, 0.15) is 17.8 Å². The number of hydrogen-bond acceptors (Lipinski definition) is 4. The predicted octanol–water partition coefficient (Wildman–Crippen LogP) is -1.07. The van der Waals surface area contributed by atoms with E-state index in [1.165, 1.54) is 7.05 Å². The monoisotopic (exact) mass is 227 g/mol. The van der Waals surface area contributed by atoms with E-state index in [1.54, 1.807) is 0 Å². The van der Waals surface area contributed by atoms with E-state index in [4.69, 9.17) is 10.2 Å². The Balaban J connectivity index is 2.94. The molecule has 0 saturated heterocycles. The van der Waals surface area contributed by atoms with Crippen LogP contribution in [0.5, 0.6) is 0 Å². The van der Waals surface area contributed by atoms with E-state index < -0.39 is 24.4 Å². The van der Waals surface area contributed by atoms with Gasteiger partial charge in [0, 0.05) is 7.05 Å². The number of aryl methyl sites for hydroxylation is 1. The summed E-state index contributed by atoms with van der Waals surface area (Å²) in [6.45, 7) is -0.580. The second kappa shape index (κ2) is 4.43. The number of nitrogens with zero attached hydrogens (tertiary/aromatic N) is 2. The van der Waals surface area contributed by atoms with Crippen molar-refractivity contribution in [3.63, 3.8) is 0 Å². The molecule has 1 aromatic heterocycles. The Morgan fingerprint density at radius 3 is 2.56 bits per heavy atom. The fraction of sp³-hybridized carbons (Fsp3) is 0.250. The highest BCUT2D eigenvalue weighted by Gasteiger charge is 2.21. The number of carbonyl (C=O) groups excluding carboxylic acids is 1. The summed E-state index contributed by atoms with van der Waals surface area (Å²) in [6, 6.07) is 0. The van der Waals surface area contributed by atoms with E-state index in [0.29, 0.717) is 0 Å². The second-order valence-corrected chi connectivity index (χ2v) is 2.91. The van der Waals surface area contributed by atoms with Crippen molar-refractivity contribution in [1.82, 2.24) is 15.1 Å². The number of amides is 1. The minimum absolute atomic E-state index is 0.186. The van der Waals surface area contributed by atoms with Crippen LogP contribution in [0, 0.1) is 0 Å². The summed E-state index contributed by atoms with van der Waals surface area (Å²) in [7, 11) is 1.39. The zero-order valence-electron chi connectivity index (χ0n) is 8.30. The van der Waals surface area contributed by atoms with Crippen LogP contribution in [0.4, 0.5) is 0 Å². The van der Waals surface area contributed by atoms with Crippen LogP contribution in [0.1, 0.15) is 20.8 Å². The number of aromatic carboxylic acids is 1. The van der Waals surface area contributed by atoms with E-state index in [0.717, 1.165) is 10.9 Å². The molecule has 0 aliphatic rings. The van der Waals surface area contributed by atoms with E-state index >= 15 is 0 Å². The molecule has 0 spiro atoms. The van der Waals surface area contributed by atoms with Crippen molar-refractivity contribution < 1.29 is 24.6 Å². The average molecular weight is 227 g/mol. The van der Waals surface area contributed by atoms with E-state index in [-0.39, 0.29) is 11.3 Å². The average Bonchev–Trinajstić information content (AvgIpc) is 2.56. The summed E-state index contributed by atoms with van der Waals surface area (Å²) >= 11 is 0. The topological polar surface area (TPSA) is 122 Å². The van der Waals surface area contributed by atoms with Gasteiger partial charge in [-0.05, 0) is 0 Å². The van der Waals surface area contributed by atoms with Gasteiger partial charge in [-0.3, -0.25) is 14.3 Å². The van der Waals surface area contributed by atoms with Crippen molar-refractivity contribution in [1.29, 1.82) is 0 Å². The van der Waals surface area contributed by atoms with Gasteiger partial charge in [-0.25, -0.2) is 4.79 Å². The molecule has 0 unspecified atom stereocenters. The molecule has 1 aromatic rings. The summed E-state index contributed by atoms with van der Waals surface area (Å²) in [5, 5.41) is 22.8. The Kier molecular flexibility index (Phi) is 3.24. The van der Waals surface area contributed by atoms with Crippen LogP contribution in [0.2, 0.25) is 0 Å². The zero-order valence-corrected chi connectivity index (χ0v) is 8.30. The van der Waals surface area contributed by atoms with Crippen LogP contribution < -0.4 is 5.32 Å². The molecule has 1 rings (SSSR count). The molecule has 0 aliphatic carbocycles. The molecule has 0 bridgehead atoms. The fourth-order valence-electron chi connectivity index (χ4n) is 1.10. The summed E-state index contributed by atoms with van der Waals surface area (Å²) < 4.78 is 1.07. The lowest BCUT2D eigenvalue weighted by molar-refractivity contribution is -0.135. The van der Waals surface area contributed by atoms with Gasteiger partial charge in [-0.1, -0.05) is 0 Å². The van der Waals surface area contributed by atoms with Crippen molar-refractivity contribution in [3.05, 3.63) is 17.5 Å². The Labute approximate surface area is 89.5 Å². The van der Waals surface area contributed by atoms with Crippen molar-refractivity contribution in [2.75, 3.05) is 6.54 Å². The van der Waals surface area contributed by atoms with E-state index in [1.807, 2.05) is 0 Å². The van der Waals surface area contributed by atoms with Gasteiger partial charge in [0.2, 0.25) is 0 Å². The quantitative estimate of drug-likeness (QED) is 0.602. The number of carboxylic acids is 2. The van der Waals surface area contributed by atoms with Crippen LogP contribution in [0.15, 0.2) is 6.20 Å². The number of aromatic nitrogens is 2. The van der Waals surface area contributed by atoms with E-state index in [9.17, 15) is 14.4 Å². The van der Waals surface area contributed by atoms with Crippen LogP contribution in [-0.2, 0) is 11.8 Å². The smallest absolute Gasteiger partial charge is 0.339 e. The van der Waals surface area contributed by atoms with Crippen molar-refractivity contribution in [2.45, 2.75) is 0 Å². The van der Waals surface area contributed by atoms with Crippen molar-refractivity contribution in [3.8, 4) is 0 Å². The standard InChI is InChI=1S/C8H9N3O5/c1-11-6(4(2-10-11)8(15)16)7(14)9-3-5(12)13/h2H,3H2,1H3,(H,9,14)(H,12,13)(H,15,16). The molecule has 0 aromatic carbocycles. The second-order valence-electron chi connectivity index (χ2n) is 2.91. The molecule has 0 aliphatic heterocycles. The number of carbonyl (C=O) groups is 3. The molecular weight excluding hydrogens is 218 g/mol. The summed E-state index contributed by atoms with van der Waals surface area (Å²) in [4.78, 5) is 32.4. The normalized spacial score (nSPS) is 9.81. The van der Waals surface area contributed by atoms with Gasteiger partial charge >= 0.3 is 11.9 Å². The van der Waals surface area contributed by atoms with Crippen molar-refractivity contribution >= 4 is 17.8 Å². The highest BCUT2D eigenvalue weighted by Crippen LogP contribution is 2.06. The molecule has 8 heteroatoms. The minimum Gasteiger partial charge on any atom is -0.480 e. The number of nitrogens with one attached hydrogen (secondary N) is 1. The van der Waals surface area contributed by atoms with Crippen LogP contribution >= 0.6 is 0 Å². The first-order valence-electron chi connectivity index (χ1n) is 4.18. The largest absolute Gasteiger partial charge is 0.480 e. The summed E-state index contributed by atoms with van der Waals surface area (Å²) in [6.07, 6.45) is 1.03. The maximum absolute atomic E-state index is 11.5. The lowest BCUT2D eigenvalue weighted by Gasteiger charge is -2.03. The highest BCUT2D eigenvalue weighted by atomic mass is 16.4. The van der Waals surface area contributed by atoms with Gasteiger partial charge in [0.15, 0.2) is 0 Å². The predicted molar refractivity (Wildman–Crippen MR) is 50.1 cm³/mol. The van der Waals surface area contributed by atoms with Gasteiger partial charge in [0.05, 0.1) is 6.20 Å². The molecule has 16 heavy (non-hydrogen) atoms. The first-order chi connectivity index (χ1) is 7.43. The molecule has 3 N–H and O–H groups in total. The maximum Gasteiger partial charge on any atom is 0.339 e. The third-order valence-corrected chi connectivity index (χ3v) is 1.78. The molecule has 86 valence electrons. The van der Waals surface area contributed by atoms with Crippen LogP contribution in [0.25, 0.3) is 0 Å². The molecular formula is C8H9N3O5. The third-order valence-electron chi connectivity index (χ3n) is 1.78. The van der Waals surface area contributed by atoms with Crippen LogP contribution in [0.3, 0.4) is 0 Å². The van der Waals surface area contributed by atoms with Gasteiger partial charge in [-0.2, -0.15) is 5.10 Å². The molecule has 1 amide bonds. The summed E-state index contributed by atoms with van der Waals surface area (Å²) in [5.41, 5.74) is -0.459. The van der Waals surface area contributed by atoms with E-state index in [2.05, 4.69) is 10.4 Å². The Hall–Kier alpha value is -2.38. The Morgan fingerprint density at radius 2 is 2.06 bits per heavy atom. The molecule has 1 heterocycles. The number of rotatable bonds is 4. The lowest BCUT2D eigenvalue weighted by atomic mass is 10.2. The number of aliphatic carboxylic acids is 1. The highest BCUT2D eigenvalue weighted by molar-refractivity contribution is 6.04. The SMILES string of the molecule is Cn1ncc(C(=O)O)c1C(=O)NCC(=O)O. The van der Waals surface area contributed by atoms with Crippen molar-refractivity contribution in [2.24, 2.45) is 7.05 Å². The van der Waals surface area contributed by atoms with Crippen LogP contribution in [-0.4, -0.2) is 44.4 Å². The number of carboxylic acid groups (broad SMARTS) is 2. The molecule has 8 nitrogen and oxygen atoms in total. The molecule has 0 radical (unpaired) electrons. The Morgan fingerprint density at radius 1 is 1.44 bits per heavy atom. The summed E-state index contributed by atoms with van der Waals surface area (Å²) in [5.74, 6) is -3.30. The fourth-order valence-corrected chi connectivity index (χ4v) is 1.10. The Bertz CT molecular complexity index is 451. The van der Waals surface area contributed by atoms with Gasteiger partial charge in [-0.15, -0.1) is 0 Å². The first-order valence-corrected chi connectivity index (χ1v) is 4.18. The van der Waals surface area contributed by atoms with Gasteiger partial charge in [0.25, 0.3) is 5.91 Å². The zero-order chi connectivity index (χ0) is 12.3. The minimum atomic E-state index is -1.30. The van der Waals surface area contributed by atoms with Gasteiger partial charge < -0.3 is 15.5 Å².